The van der Waals surface area contributed by atoms with Crippen molar-refractivity contribution in [2.24, 2.45) is 0 Å². The van der Waals surface area contributed by atoms with Crippen molar-refractivity contribution < 1.29 is 34.1 Å². The van der Waals surface area contributed by atoms with E-state index in [0.29, 0.717) is 12.8 Å². The SMILES string of the molecule is CC/C=C\C/C=C\C/C=C\C/C=C\CCCCCCCCCCCCC(=O)OC(/C=C\CCCCCC)CCCCCCC(=O)NCC(=O)NC(CO)C(=O)O. The average molecular weight is 785 g/mol. The molecule has 2 unspecified atom stereocenters. The van der Waals surface area contributed by atoms with Crippen molar-refractivity contribution in [2.75, 3.05) is 13.2 Å². The van der Waals surface area contributed by atoms with Crippen LogP contribution in [-0.2, 0) is 23.9 Å². The first-order valence-corrected chi connectivity index (χ1v) is 22.2. The second-order valence-electron chi connectivity index (χ2n) is 14.8. The molecule has 0 aromatic heterocycles. The number of nitrogens with one attached hydrogen (secondary N) is 2. The number of aliphatic hydroxyl groups is 1. The Hall–Kier alpha value is -3.46. The van der Waals surface area contributed by atoms with Crippen LogP contribution >= 0.6 is 0 Å². The third-order valence-corrected chi connectivity index (χ3v) is 9.48. The summed E-state index contributed by atoms with van der Waals surface area (Å²) < 4.78 is 5.89. The zero-order valence-electron chi connectivity index (χ0n) is 35.4. The number of hydrogen-bond acceptors (Lipinski definition) is 6. The molecule has 0 aromatic rings. The lowest BCUT2D eigenvalue weighted by Crippen LogP contribution is -2.47. The molecule has 0 radical (unpaired) electrons. The van der Waals surface area contributed by atoms with Gasteiger partial charge in [0.05, 0.1) is 13.2 Å². The number of carboxylic acid groups (broad SMARTS) is 1. The van der Waals surface area contributed by atoms with E-state index in [1.54, 1.807) is 0 Å². The topological polar surface area (TPSA) is 142 Å². The van der Waals surface area contributed by atoms with E-state index in [2.05, 4.69) is 85.2 Å². The van der Waals surface area contributed by atoms with E-state index >= 15 is 0 Å². The summed E-state index contributed by atoms with van der Waals surface area (Å²) in [5.41, 5.74) is 0. The molecular weight excluding hydrogens is 705 g/mol. The maximum Gasteiger partial charge on any atom is 0.328 e. The number of hydrogen-bond donors (Lipinski definition) is 4. The van der Waals surface area contributed by atoms with Crippen molar-refractivity contribution in [1.82, 2.24) is 10.6 Å². The molecule has 0 heterocycles. The summed E-state index contributed by atoms with van der Waals surface area (Å²) in [5, 5.41) is 22.5. The van der Waals surface area contributed by atoms with Crippen LogP contribution in [-0.4, -0.2) is 59.3 Å². The number of esters is 1. The Labute approximate surface area is 341 Å². The monoisotopic (exact) mass is 785 g/mol. The van der Waals surface area contributed by atoms with Crippen LogP contribution in [0.4, 0.5) is 0 Å². The summed E-state index contributed by atoms with van der Waals surface area (Å²) in [6.45, 7) is 3.30. The van der Waals surface area contributed by atoms with Crippen LogP contribution in [0.15, 0.2) is 60.8 Å². The van der Waals surface area contributed by atoms with Gasteiger partial charge in [-0.3, -0.25) is 14.4 Å². The highest BCUT2D eigenvalue weighted by Crippen LogP contribution is 2.16. The van der Waals surface area contributed by atoms with Crippen molar-refractivity contribution in [3.63, 3.8) is 0 Å². The summed E-state index contributed by atoms with van der Waals surface area (Å²) >= 11 is 0. The van der Waals surface area contributed by atoms with Crippen molar-refractivity contribution in [2.45, 2.75) is 199 Å². The van der Waals surface area contributed by atoms with Gasteiger partial charge in [0, 0.05) is 12.8 Å². The number of rotatable bonds is 39. The Morgan fingerprint density at radius 2 is 1.07 bits per heavy atom. The Morgan fingerprint density at radius 1 is 0.571 bits per heavy atom. The van der Waals surface area contributed by atoms with Crippen molar-refractivity contribution in [3.8, 4) is 0 Å². The van der Waals surface area contributed by atoms with Crippen LogP contribution in [0.25, 0.3) is 0 Å². The van der Waals surface area contributed by atoms with E-state index in [1.165, 1.54) is 77.0 Å². The first kappa shape index (κ1) is 52.5. The van der Waals surface area contributed by atoms with Gasteiger partial charge in [-0.05, 0) is 83.1 Å². The van der Waals surface area contributed by atoms with Gasteiger partial charge in [-0.2, -0.15) is 0 Å². The molecule has 4 N–H and O–H groups in total. The standard InChI is InChI=1S/C47H80N2O7/c1-3-5-7-9-11-12-13-14-15-16-17-18-19-20-21-22-23-24-25-26-27-29-35-39-46(53)56-42(36-32-28-10-8-6-4-2)37-33-30-31-34-38-44(51)48-40-45(52)49-43(41-50)47(54)55/h5,7,11-12,14-15,17-18,32,36,42-43,50H,3-4,6,8-10,13,16,19-31,33-35,37-41H2,1-2H3,(H,48,51)(H,49,52)(H,54,55)/b7-5-,12-11-,15-14-,18-17-,36-32-. The molecule has 0 bridgehead atoms. The summed E-state index contributed by atoms with van der Waals surface area (Å²) in [6.07, 6.45) is 50.0. The number of carboxylic acids is 1. The molecule has 2 atom stereocenters. The molecule has 0 fully saturated rings. The number of allylic oxidation sites excluding steroid dienone is 9. The lowest BCUT2D eigenvalue weighted by molar-refractivity contribution is -0.147. The van der Waals surface area contributed by atoms with Crippen molar-refractivity contribution in [1.29, 1.82) is 0 Å². The lowest BCUT2D eigenvalue weighted by atomic mass is 10.0. The molecule has 9 heteroatoms. The fourth-order valence-corrected chi connectivity index (χ4v) is 6.09. The molecule has 0 saturated carbocycles. The molecule has 320 valence electrons. The first-order valence-electron chi connectivity index (χ1n) is 22.2. The van der Waals surface area contributed by atoms with Crippen molar-refractivity contribution in [3.05, 3.63) is 60.8 Å². The number of unbranched alkanes of at least 4 members (excludes halogenated alkanes) is 17. The van der Waals surface area contributed by atoms with E-state index in [1.807, 2.05) is 0 Å². The van der Waals surface area contributed by atoms with Gasteiger partial charge in [-0.15, -0.1) is 0 Å². The van der Waals surface area contributed by atoms with Gasteiger partial charge in [0.2, 0.25) is 11.8 Å². The Kier molecular flexibility index (Phi) is 38.6. The zero-order valence-corrected chi connectivity index (χ0v) is 35.4. The molecule has 0 aliphatic heterocycles. The van der Waals surface area contributed by atoms with E-state index in [-0.39, 0.29) is 30.9 Å². The fraction of sp³-hybridized carbons (Fsp3) is 0.702. The largest absolute Gasteiger partial charge is 0.480 e. The fourth-order valence-electron chi connectivity index (χ4n) is 6.09. The summed E-state index contributed by atoms with van der Waals surface area (Å²) in [6, 6.07) is -1.39. The summed E-state index contributed by atoms with van der Waals surface area (Å²) in [4.78, 5) is 47.5. The minimum atomic E-state index is -1.39. The van der Waals surface area contributed by atoms with Gasteiger partial charge in [0.15, 0.2) is 0 Å². The number of ether oxygens (including phenoxy) is 1. The van der Waals surface area contributed by atoms with Gasteiger partial charge in [-0.25, -0.2) is 4.79 Å². The molecular formula is C47H80N2O7. The van der Waals surface area contributed by atoms with Gasteiger partial charge in [-0.1, -0.05) is 152 Å². The maximum atomic E-state index is 12.7. The quantitative estimate of drug-likeness (QED) is 0.0276. The number of carbonyl (C=O) groups excluding carboxylic acids is 3. The molecule has 56 heavy (non-hydrogen) atoms. The molecule has 2 amide bonds. The summed E-state index contributed by atoms with van der Waals surface area (Å²) in [5.74, 6) is -2.41. The lowest BCUT2D eigenvalue weighted by Gasteiger charge is -2.15. The molecule has 0 aliphatic rings. The van der Waals surface area contributed by atoms with Gasteiger partial charge < -0.3 is 25.6 Å². The Balaban J connectivity index is 4.06. The average Bonchev–Trinajstić information content (AvgIpc) is 3.18. The summed E-state index contributed by atoms with van der Waals surface area (Å²) in [7, 11) is 0. The highest BCUT2D eigenvalue weighted by Gasteiger charge is 2.18. The maximum absolute atomic E-state index is 12.7. The molecule has 0 aliphatic carbocycles. The molecule has 0 saturated heterocycles. The molecule has 9 nitrogen and oxygen atoms in total. The minimum Gasteiger partial charge on any atom is -0.480 e. The highest BCUT2D eigenvalue weighted by atomic mass is 16.5. The van der Waals surface area contributed by atoms with E-state index < -0.39 is 24.5 Å². The third kappa shape index (κ3) is 37.5. The van der Waals surface area contributed by atoms with E-state index in [9.17, 15) is 19.2 Å². The van der Waals surface area contributed by atoms with Crippen LogP contribution in [0.1, 0.15) is 187 Å². The Morgan fingerprint density at radius 3 is 1.64 bits per heavy atom. The number of amides is 2. The normalized spacial score (nSPS) is 13.1. The number of aliphatic hydroxyl groups excluding tert-OH is 1. The third-order valence-electron chi connectivity index (χ3n) is 9.48. The minimum absolute atomic E-state index is 0.120. The van der Waals surface area contributed by atoms with E-state index in [4.69, 9.17) is 14.9 Å². The van der Waals surface area contributed by atoms with Crippen LogP contribution in [0.5, 0.6) is 0 Å². The van der Waals surface area contributed by atoms with Crippen LogP contribution in [0.2, 0.25) is 0 Å². The van der Waals surface area contributed by atoms with Gasteiger partial charge >= 0.3 is 11.9 Å². The van der Waals surface area contributed by atoms with Gasteiger partial charge in [0.1, 0.15) is 12.1 Å². The smallest absolute Gasteiger partial charge is 0.328 e. The molecule has 0 aromatic carbocycles. The van der Waals surface area contributed by atoms with E-state index in [0.717, 1.165) is 77.0 Å². The predicted molar refractivity (Wildman–Crippen MR) is 231 cm³/mol. The second kappa shape index (κ2) is 41.2. The van der Waals surface area contributed by atoms with Crippen LogP contribution in [0.3, 0.4) is 0 Å². The van der Waals surface area contributed by atoms with Crippen molar-refractivity contribution >= 4 is 23.8 Å². The predicted octanol–water partition coefficient (Wildman–Crippen LogP) is 10.9. The first-order chi connectivity index (χ1) is 27.3. The van der Waals surface area contributed by atoms with Crippen LogP contribution in [0, 0.1) is 0 Å². The zero-order chi connectivity index (χ0) is 41.2. The number of aliphatic carboxylic acids is 1. The molecule has 0 rings (SSSR count). The van der Waals surface area contributed by atoms with Crippen LogP contribution < -0.4 is 10.6 Å². The van der Waals surface area contributed by atoms with Gasteiger partial charge in [0.25, 0.3) is 0 Å². The number of carbonyl (C=O) groups is 4. The Bertz CT molecular complexity index is 1130. The highest BCUT2D eigenvalue weighted by molar-refractivity contribution is 5.87. The second-order valence-corrected chi connectivity index (χ2v) is 14.8. The molecule has 0 spiro atoms.